The monoisotopic (exact) mass is 1200 g/mol. The molecule has 0 saturated heterocycles. The maximum atomic E-state index is 13.4. The zero-order valence-corrected chi connectivity index (χ0v) is 45.0. The normalized spacial score (nSPS) is 10.8. The number of nitrogens with two attached hydrogens (primary N) is 1. The summed E-state index contributed by atoms with van der Waals surface area (Å²) in [5, 5.41) is 20.7. The number of rotatable bonds is 13. The topological polar surface area (TPSA) is 289 Å². The number of hydrogen-bond donors (Lipinski definition) is 9. The van der Waals surface area contributed by atoms with Gasteiger partial charge in [-0.3, -0.25) is 14.4 Å². The van der Waals surface area contributed by atoms with Crippen molar-refractivity contribution in [1.29, 1.82) is 0 Å². The number of nitrogens with one attached hydrogen (secondary N) is 8. The van der Waals surface area contributed by atoms with Crippen LogP contribution in [0.3, 0.4) is 0 Å². The van der Waals surface area contributed by atoms with Crippen molar-refractivity contribution in [2.24, 2.45) is 0 Å². The van der Waals surface area contributed by atoms with Crippen LogP contribution in [0.4, 0.5) is 103 Å². The lowest BCUT2D eigenvalue weighted by atomic mass is 10.1. The molecule has 31 heteroatoms. The molecule has 0 bridgehead atoms. The SMILES string of the molecule is CNC(=O)c1ccccc1Nc1cc(Cl)ncc1C(F)(F)F.CNC(=O)c1ccccc1Nc1cc(Nc2ncccn2)ncc1C(F)(F)F.CNC(=O)c1ccccc1Nc1cc(Nc2ncccn2)ncc1C(F)(F)F.Nc1ncccn1. The summed E-state index contributed by atoms with van der Waals surface area (Å²) in [6.07, 6.45) is -2.68. The minimum absolute atomic E-state index is 0.0899. The van der Waals surface area contributed by atoms with Crippen molar-refractivity contribution in [3.63, 3.8) is 0 Å². The van der Waals surface area contributed by atoms with Gasteiger partial charge in [0, 0.05) is 89.0 Å². The second-order valence-electron chi connectivity index (χ2n) is 16.5. The Kier molecular flexibility index (Phi) is 21.8. The molecule has 21 nitrogen and oxygen atoms in total. The van der Waals surface area contributed by atoms with E-state index in [1.54, 1.807) is 67.0 Å². The maximum absolute atomic E-state index is 13.4. The minimum Gasteiger partial charge on any atom is -0.368 e. The van der Waals surface area contributed by atoms with Gasteiger partial charge >= 0.3 is 18.5 Å². The Morgan fingerprint density at radius 3 is 0.976 bits per heavy atom. The number of alkyl halides is 9. The summed E-state index contributed by atoms with van der Waals surface area (Å²) >= 11 is 5.67. The molecule has 6 heterocycles. The molecular weight excluding hydrogens is 1160 g/mol. The quantitative estimate of drug-likeness (QED) is 0.0383. The molecule has 9 aromatic rings. The molecule has 0 aliphatic heterocycles. The summed E-state index contributed by atoms with van der Waals surface area (Å²) in [5.41, 5.74) is 2.71. The van der Waals surface area contributed by atoms with E-state index in [1.165, 1.54) is 94.5 Å². The van der Waals surface area contributed by atoms with E-state index in [2.05, 4.69) is 87.4 Å². The highest BCUT2D eigenvalue weighted by atomic mass is 35.5. The van der Waals surface area contributed by atoms with Gasteiger partial charge in [-0.1, -0.05) is 48.0 Å². The van der Waals surface area contributed by atoms with Crippen LogP contribution in [0.2, 0.25) is 5.15 Å². The molecule has 0 aliphatic rings. The van der Waals surface area contributed by atoms with Gasteiger partial charge in [-0.05, 0) is 60.7 Å². The molecule has 6 aromatic heterocycles. The molecule has 0 fully saturated rings. The number of nitrogen functional groups attached to an aromatic ring is 1. The Morgan fingerprint density at radius 2 is 0.682 bits per heavy atom. The van der Waals surface area contributed by atoms with Crippen molar-refractivity contribution < 1.29 is 53.9 Å². The van der Waals surface area contributed by atoms with Crippen LogP contribution in [0.25, 0.3) is 0 Å². The van der Waals surface area contributed by atoms with Gasteiger partial charge in [0.25, 0.3) is 17.7 Å². The molecule has 0 saturated carbocycles. The first-order valence-corrected chi connectivity index (χ1v) is 24.6. The van der Waals surface area contributed by atoms with E-state index in [0.717, 1.165) is 6.07 Å². The van der Waals surface area contributed by atoms with Gasteiger partial charge in [-0.2, -0.15) is 39.5 Å². The number of para-hydroxylation sites is 3. The maximum Gasteiger partial charge on any atom is 0.419 e. The molecule has 3 amide bonds. The Hall–Kier alpha value is -10.8. The fourth-order valence-electron chi connectivity index (χ4n) is 6.94. The molecule has 0 atom stereocenters. The summed E-state index contributed by atoms with van der Waals surface area (Å²) in [7, 11) is 4.31. The van der Waals surface area contributed by atoms with Crippen molar-refractivity contribution in [1.82, 2.24) is 60.8 Å². The van der Waals surface area contributed by atoms with E-state index in [0.29, 0.717) is 24.5 Å². The standard InChI is InChI=1S/2C18H15F3N6O.C14H11ClF3N3O.C4H5N3/c2*1-22-16(28)11-5-2-3-6-13(11)26-14-9-15(25-10-12(14)18(19,20)21)27-17-23-7-4-8-24-17;1-19-13(22)8-4-2-3-5-10(8)21-11-6-12(15)20-7-9(11)14(16,17)18;5-4-6-2-1-3-7-4/h2*2-10H,1H3,(H,22,28)(H2,23,24,25,26,27);2-7H,1H3,(H,19,22)(H,20,21);1-3H,(H2,5,6,7). The van der Waals surface area contributed by atoms with E-state index in [9.17, 15) is 53.9 Å². The number of carbonyl (C=O) groups excluding carboxylic acids is 3. The zero-order chi connectivity index (χ0) is 61.7. The number of pyridine rings is 3. The second-order valence-corrected chi connectivity index (χ2v) is 16.9. The molecule has 85 heavy (non-hydrogen) atoms. The molecule has 0 radical (unpaired) electrons. The molecule has 3 aromatic carbocycles. The molecule has 10 N–H and O–H groups in total. The van der Waals surface area contributed by atoms with Crippen LogP contribution < -0.4 is 48.3 Å². The van der Waals surface area contributed by atoms with Crippen molar-refractivity contribution in [3.05, 3.63) is 204 Å². The number of aromatic nitrogens is 9. The second kappa shape index (κ2) is 29.3. The minimum atomic E-state index is -4.64. The van der Waals surface area contributed by atoms with Gasteiger partial charge in [-0.25, -0.2) is 44.9 Å². The van der Waals surface area contributed by atoms with Crippen molar-refractivity contribution in [2.45, 2.75) is 18.5 Å². The van der Waals surface area contributed by atoms with Gasteiger partial charge in [0.1, 0.15) is 16.8 Å². The lowest BCUT2D eigenvalue weighted by molar-refractivity contribution is -0.138. The Morgan fingerprint density at radius 1 is 0.388 bits per heavy atom. The van der Waals surface area contributed by atoms with Crippen LogP contribution in [0.5, 0.6) is 0 Å². The number of halogens is 10. The fraction of sp³-hybridized carbons (Fsp3) is 0.111. The molecule has 9 rings (SSSR count). The Balaban J connectivity index is 0.000000194. The molecular formula is C54H46ClF9N18O3. The molecule has 440 valence electrons. The number of anilines is 11. The van der Waals surface area contributed by atoms with E-state index in [4.69, 9.17) is 17.3 Å². The van der Waals surface area contributed by atoms with Gasteiger partial charge < -0.3 is 48.3 Å². The number of carbonyl (C=O) groups is 3. The van der Waals surface area contributed by atoms with Gasteiger partial charge in [0.2, 0.25) is 17.8 Å². The molecule has 0 spiro atoms. The highest BCUT2D eigenvalue weighted by Gasteiger charge is 2.37. The van der Waals surface area contributed by atoms with E-state index in [1.807, 2.05) is 0 Å². The lowest BCUT2D eigenvalue weighted by Gasteiger charge is -2.17. The largest absolute Gasteiger partial charge is 0.419 e. The van der Waals surface area contributed by atoms with Crippen molar-refractivity contribution in [2.75, 3.05) is 53.5 Å². The lowest BCUT2D eigenvalue weighted by Crippen LogP contribution is -2.19. The van der Waals surface area contributed by atoms with E-state index in [-0.39, 0.29) is 79.5 Å². The number of hydrogen-bond acceptors (Lipinski definition) is 18. The number of amides is 3. The molecule has 0 unspecified atom stereocenters. The third-order valence-electron chi connectivity index (χ3n) is 10.8. The highest BCUT2D eigenvalue weighted by molar-refractivity contribution is 6.29. The first-order valence-electron chi connectivity index (χ1n) is 24.2. The smallest absolute Gasteiger partial charge is 0.368 e. The van der Waals surface area contributed by atoms with Crippen LogP contribution in [-0.4, -0.2) is 83.7 Å². The van der Waals surface area contributed by atoms with Crippen LogP contribution in [0.15, 0.2) is 165 Å². The average Bonchev–Trinajstić information content (AvgIpc) is 2.48. The summed E-state index contributed by atoms with van der Waals surface area (Å²) < 4.78 is 120. The Labute approximate surface area is 481 Å². The first kappa shape index (κ1) is 63.4. The number of benzene rings is 3. The van der Waals surface area contributed by atoms with Crippen molar-refractivity contribution >= 4 is 92.9 Å². The zero-order valence-electron chi connectivity index (χ0n) is 44.2. The van der Waals surface area contributed by atoms with Crippen LogP contribution in [0, 0.1) is 0 Å². The van der Waals surface area contributed by atoms with Crippen LogP contribution in [0.1, 0.15) is 47.8 Å². The highest BCUT2D eigenvalue weighted by Crippen LogP contribution is 2.40. The van der Waals surface area contributed by atoms with E-state index >= 15 is 0 Å². The Bertz CT molecular complexity index is 3530. The summed E-state index contributed by atoms with van der Waals surface area (Å²) in [6, 6.07) is 27.1. The predicted molar refractivity (Wildman–Crippen MR) is 299 cm³/mol. The van der Waals surface area contributed by atoms with Gasteiger partial charge in [0.15, 0.2) is 0 Å². The molecule has 0 aliphatic carbocycles. The summed E-state index contributed by atoms with van der Waals surface area (Å²) in [6.45, 7) is 0. The van der Waals surface area contributed by atoms with Crippen LogP contribution >= 0.6 is 11.6 Å². The fourth-order valence-corrected chi connectivity index (χ4v) is 7.10. The summed E-state index contributed by atoms with van der Waals surface area (Å²) in [5.74, 6) is -0.362. The third kappa shape index (κ3) is 18.6. The first-order chi connectivity index (χ1) is 40.5. The predicted octanol–water partition coefficient (Wildman–Crippen LogP) is 11.4. The van der Waals surface area contributed by atoms with E-state index < -0.39 is 52.9 Å². The summed E-state index contributed by atoms with van der Waals surface area (Å²) in [4.78, 5) is 69.9. The van der Waals surface area contributed by atoms with Gasteiger partial charge in [0.05, 0.1) is 67.5 Å². The van der Waals surface area contributed by atoms with Crippen LogP contribution in [-0.2, 0) is 18.5 Å². The third-order valence-corrected chi connectivity index (χ3v) is 11.0. The average molecular weight is 1200 g/mol. The number of nitrogens with zero attached hydrogens (tertiary/aromatic N) is 9. The van der Waals surface area contributed by atoms with Crippen molar-refractivity contribution in [3.8, 4) is 0 Å². The van der Waals surface area contributed by atoms with Gasteiger partial charge in [-0.15, -0.1) is 0 Å².